The minimum absolute atomic E-state index is 0.129. The summed E-state index contributed by atoms with van der Waals surface area (Å²) in [6, 6.07) is 11.1. The minimum Gasteiger partial charge on any atom is -0.469 e. The van der Waals surface area contributed by atoms with E-state index in [2.05, 4.69) is 15.5 Å². The maximum Gasteiger partial charge on any atom is 0.237 e. The van der Waals surface area contributed by atoms with Crippen LogP contribution in [0.25, 0.3) is 11.4 Å². The molecule has 1 unspecified atom stereocenters. The lowest BCUT2D eigenvalue weighted by molar-refractivity contribution is -0.115. The molecule has 3 rings (SSSR count). The molecule has 24 heavy (non-hydrogen) atoms. The number of benzene rings is 1. The molecule has 0 spiro atoms. The Morgan fingerprint density at radius 3 is 2.71 bits per heavy atom. The summed E-state index contributed by atoms with van der Waals surface area (Å²) in [5.41, 5.74) is 1.53. The molecule has 3 aromatic rings. The molecule has 3 N–H and O–H groups in total. The first-order valence-electron chi connectivity index (χ1n) is 7.34. The van der Waals surface area contributed by atoms with E-state index in [4.69, 9.17) is 10.3 Å². The fraction of sp³-hybridized carbons (Fsp3) is 0.188. The fourth-order valence-corrected chi connectivity index (χ4v) is 2.91. The van der Waals surface area contributed by atoms with E-state index in [0.29, 0.717) is 16.7 Å². The van der Waals surface area contributed by atoms with Gasteiger partial charge in [0.1, 0.15) is 5.76 Å². The van der Waals surface area contributed by atoms with Crippen LogP contribution < -0.4 is 11.2 Å². The summed E-state index contributed by atoms with van der Waals surface area (Å²) in [7, 11) is 0. The number of nitrogens with zero attached hydrogens (tertiary/aromatic N) is 3. The lowest BCUT2D eigenvalue weighted by Gasteiger charge is -2.11. The van der Waals surface area contributed by atoms with Crippen LogP contribution in [0.4, 0.5) is 5.69 Å². The predicted molar refractivity (Wildman–Crippen MR) is 93.0 cm³/mol. The summed E-state index contributed by atoms with van der Waals surface area (Å²) < 4.78 is 6.63. The first-order valence-corrected chi connectivity index (χ1v) is 8.21. The minimum atomic E-state index is -0.380. The van der Waals surface area contributed by atoms with Crippen molar-refractivity contribution in [1.82, 2.24) is 14.9 Å². The number of hydrogen-bond donors (Lipinski definition) is 2. The van der Waals surface area contributed by atoms with E-state index in [1.165, 1.54) is 16.4 Å². The van der Waals surface area contributed by atoms with E-state index in [1.807, 2.05) is 37.3 Å². The van der Waals surface area contributed by atoms with Crippen molar-refractivity contribution in [3.05, 3.63) is 48.4 Å². The number of anilines is 1. The molecule has 0 saturated carbocycles. The van der Waals surface area contributed by atoms with E-state index in [0.717, 1.165) is 11.3 Å². The molecular formula is C16H17N5O2S. The third kappa shape index (κ3) is 3.28. The van der Waals surface area contributed by atoms with Gasteiger partial charge in [0.15, 0.2) is 5.82 Å². The van der Waals surface area contributed by atoms with Crippen molar-refractivity contribution in [3.63, 3.8) is 0 Å². The van der Waals surface area contributed by atoms with Gasteiger partial charge in [-0.3, -0.25) is 4.79 Å². The molecule has 7 nitrogen and oxygen atoms in total. The zero-order valence-electron chi connectivity index (χ0n) is 13.3. The number of amides is 1. The van der Waals surface area contributed by atoms with Gasteiger partial charge in [0, 0.05) is 5.69 Å². The maximum atomic E-state index is 12.3. The summed E-state index contributed by atoms with van der Waals surface area (Å²) in [6.45, 7) is 3.62. The Labute approximate surface area is 143 Å². The Balaban J connectivity index is 1.71. The number of aromatic nitrogens is 3. The number of rotatable bonds is 5. The second-order valence-corrected chi connectivity index (χ2v) is 6.49. The Morgan fingerprint density at radius 1 is 1.29 bits per heavy atom. The molecule has 124 valence electrons. The first-order chi connectivity index (χ1) is 11.6. The molecule has 1 aromatic carbocycles. The van der Waals surface area contributed by atoms with Gasteiger partial charge in [0.05, 0.1) is 17.1 Å². The fourth-order valence-electron chi connectivity index (χ4n) is 2.14. The standard InChI is InChI=1S/C16H17N5O2S/c1-10-13(8-9-23-10)14-19-20-16(21(14)17)24-11(2)15(22)18-12-6-4-3-5-7-12/h3-9,11H,17H2,1-2H3,(H,18,22). The average molecular weight is 343 g/mol. The lowest BCUT2D eigenvalue weighted by atomic mass is 10.2. The monoisotopic (exact) mass is 343 g/mol. The Kier molecular flexibility index (Phi) is 4.57. The molecule has 2 aromatic heterocycles. The van der Waals surface area contributed by atoms with Crippen LogP contribution in [0.5, 0.6) is 0 Å². The summed E-state index contributed by atoms with van der Waals surface area (Å²) in [4.78, 5) is 12.3. The molecule has 1 atom stereocenters. The lowest BCUT2D eigenvalue weighted by Crippen LogP contribution is -2.23. The Hall–Kier alpha value is -2.74. The van der Waals surface area contributed by atoms with Gasteiger partial charge in [-0.1, -0.05) is 30.0 Å². The van der Waals surface area contributed by atoms with Crippen molar-refractivity contribution in [3.8, 4) is 11.4 Å². The van der Waals surface area contributed by atoms with Crippen molar-refractivity contribution in [2.75, 3.05) is 11.2 Å². The number of carbonyl (C=O) groups excluding carboxylic acids is 1. The van der Waals surface area contributed by atoms with Gasteiger partial charge in [0.25, 0.3) is 0 Å². The van der Waals surface area contributed by atoms with Crippen LogP contribution >= 0.6 is 11.8 Å². The summed E-state index contributed by atoms with van der Waals surface area (Å²) in [5, 5.41) is 11.1. The molecule has 1 amide bonds. The number of furan rings is 1. The highest BCUT2D eigenvalue weighted by Gasteiger charge is 2.21. The second-order valence-electron chi connectivity index (χ2n) is 5.18. The van der Waals surface area contributed by atoms with E-state index in [-0.39, 0.29) is 11.2 Å². The SMILES string of the molecule is Cc1occc1-c1nnc(SC(C)C(=O)Nc2ccccc2)n1N. The number of hydrogen-bond acceptors (Lipinski definition) is 6. The van der Waals surface area contributed by atoms with E-state index >= 15 is 0 Å². The number of thioether (sulfide) groups is 1. The van der Waals surface area contributed by atoms with Gasteiger partial charge in [-0.2, -0.15) is 0 Å². The molecule has 0 aliphatic carbocycles. The van der Waals surface area contributed by atoms with Crippen LogP contribution in [-0.2, 0) is 4.79 Å². The molecular weight excluding hydrogens is 326 g/mol. The number of nitrogens with one attached hydrogen (secondary N) is 1. The van der Waals surface area contributed by atoms with E-state index in [9.17, 15) is 4.79 Å². The molecule has 2 heterocycles. The third-order valence-corrected chi connectivity index (χ3v) is 4.51. The number of nitrogen functional groups attached to an aromatic ring is 1. The number of aryl methyl sites for hydroxylation is 1. The molecule has 0 aliphatic rings. The van der Waals surface area contributed by atoms with Crippen LogP contribution in [0.2, 0.25) is 0 Å². The largest absolute Gasteiger partial charge is 0.469 e. The highest BCUT2D eigenvalue weighted by molar-refractivity contribution is 8.00. The van der Waals surface area contributed by atoms with Crippen LogP contribution in [0.1, 0.15) is 12.7 Å². The quantitative estimate of drug-likeness (QED) is 0.546. The van der Waals surface area contributed by atoms with Gasteiger partial charge in [0.2, 0.25) is 11.1 Å². The highest BCUT2D eigenvalue weighted by Crippen LogP contribution is 2.27. The third-order valence-electron chi connectivity index (χ3n) is 3.46. The number of carbonyl (C=O) groups is 1. The van der Waals surface area contributed by atoms with Crippen LogP contribution in [-0.4, -0.2) is 26.0 Å². The van der Waals surface area contributed by atoms with Gasteiger partial charge in [-0.05, 0) is 32.0 Å². The van der Waals surface area contributed by atoms with E-state index in [1.54, 1.807) is 19.3 Å². The molecule has 8 heteroatoms. The number of para-hydroxylation sites is 1. The zero-order valence-corrected chi connectivity index (χ0v) is 14.1. The Bertz CT molecular complexity index is 843. The van der Waals surface area contributed by atoms with Crippen molar-refractivity contribution < 1.29 is 9.21 Å². The van der Waals surface area contributed by atoms with Crippen molar-refractivity contribution in [2.24, 2.45) is 0 Å². The molecule has 0 fully saturated rings. The van der Waals surface area contributed by atoms with Crippen LogP contribution in [0, 0.1) is 6.92 Å². The topological polar surface area (TPSA) is 99.0 Å². The van der Waals surface area contributed by atoms with Gasteiger partial charge in [-0.25, -0.2) is 4.68 Å². The predicted octanol–water partition coefficient (Wildman–Crippen LogP) is 2.68. The average Bonchev–Trinajstić information content (AvgIpc) is 3.14. The molecule has 0 radical (unpaired) electrons. The maximum absolute atomic E-state index is 12.3. The normalized spacial score (nSPS) is 12.1. The smallest absolute Gasteiger partial charge is 0.237 e. The summed E-state index contributed by atoms with van der Waals surface area (Å²) in [6.07, 6.45) is 1.57. The summed E-state index contributed by atoms with van der Waals surface area (Å²) in [5.74, 6) is 7.14. The van der Waals surface area contributed by atoms with Crippen molar-refractivity contribution in [1.29, 1.82) is 0 Å². The zero-order chi connectivity index (χ0) is 17.1. The Morgan fingerprint density at radius 2 is 2.04 bits per heavy atom. The van der Waals surface area contributed by atoms with Crippen LogP contribution in [0.15, 0.2) is 52.2 Å². The molecule has 0 aliphatic heterocycles. The first kappa shape index (κ1) is 16.1. The van der Waals surface area contributed by atoms with Gasteiger partial charge in [-0.15, -0.1) is 10.2 Å². The van der Waals surface area contributed by atoms with E-state index < -0.39 is 0 Å². The number of nitrogens with two attached hydrogens (primary N) is 1. The van der Waals surface area contributed by atoms with Gasteiger partial charge >= 0.3 is 0 Å². The van der Waals surface area contributed by atoms with Crippen LogP contribution in [0.3, 0.4) is 0 Å². The second kappa shape index (κ2) is 6.79. The van der Waals surface area contributed by atoms with Crippen molar-refractivity contribution >= 4 is 23.4 Å². The molecule has 0 bridgehead atoms. The molecule has 0 saturated heterocycles. The summed E-state index contributed by atoms with van der Waals surface area (Å²) >= 11 is 1.24. The van der Waals surface area contributed by atoms with Gasteiger partial charge < -0.3 is 15.6 Å². The highest BCUT2D eigenvalue weighted by atomic mass is 32.2. The van der Waals surface area contributed by atoms with Crippen molar-refractivity contribution in [2.45, 2.75) is 24.3 Å².